The maximum Gasteiger partial charge on any atom is 0.0713 e. The first-order valence-electron chi connectivity index (χ1n) is 9.43. The van der Waals surface area contributed by atoms with E-state index in [1.807, 2.05) is 11.3 Å². The van der Waals surface area contributed by atoms with E-state index in [2.05, 4.69) is 71.3 Å². The van der Waals surface area contributed by atoms with E-state index in [9.17, 15) is 0 Å². The van der Waals surface area contributed by atoms with Crippen LogP contribution in [0.15, 0.2) is 66.7 Å². The maximum atomic E-state index is 2.56. The molecule has 0 unspecified atom stereocenters. The molecule has 1 aliphatic rings. The molecular weight excluding hydrogens is 334 g/mol. The van der Waals surface area contributed by atoms with Gasteiger partial charge in [0.15, 0.2) is 0 Å². The molecule has 2 heterocycles. The van der Waals surface area contributed by atoms with Gasteiger partial charge in [-0.15, -0.1) is 11.3 Å². The smallest absolute Gasteiger partial charge is 0.0713 e. The minimum absolute atomic E-state index is 1.19. The number of aromatic nitrogens is 1. The van der Waals surface area contributed by atoms with E-state index in [1.54, 1.807) is 5.56 Å². The molecule has 0 amide bonds. The summed E-state index contributed by atoms with van der Waals surface area (Å²) in [4.78, 5) is 0. The lowest BCUT2D eigenvalue weighted by Gasteiger charge is -2.16. The second-order valence-corrected chi connectivity index (χ2v) is 8.29. The molecule has 0 saturated carbocycles. The highest BCUT2D eigenvalue weighted by atomic mass is 32.1. The van der Waals surface area contributed by atoms with Crippen molar-refractivity contribution in [2.75, 3.05) is 0 Å². The van der Waals surface area contributed by atoms with Crippen LogP contribution >= 0.6 is 11.3 Å². The summed E-state index contributed by atoms with van der Waals surface area (Å²) < 4.78 is 5.37. The molecule has 5 aromatic rings. The third kappa shape index (κ3) is 1.91. The monoisotopic (exact) mass is 353 g/mol. The van der Waals surface area contributed by atoms with Gasteiger partial charge in [-0.2, -0.15) is 0 Å². The summed E-state index contributed by atoms with van der Waals surface area (Å²) in [5.41, 5.74) is 5.82. The molecule has 0 aliphatic heterocycles. The van der Waals surface area contributed by atoms with E-state index >= 15 is 0 Å². The van der Waals surface area contributed by atoms with Gasteiger partial charge in [-0.05, 0) is 49.4 Å². The normalized spacial score (nSPS) is 14.3. The van der Waals surface area contributed by atoms with Crippen LogP contribution in [0.25, 0.3) is 36.8 Å². The first-order valence-corrected chi connectivity index (χ1v) is 10.3. The number of para-hydroxylation sites is 1. The van der Waals surface area contributed by atoms with Crippen molar-refractivity contribution >= 4 is 42.4 Å². The molecular formula is C24H19NS. The van der Waals surface area contributed by atoms with Gasteiger partial charge in [0.2, 0.25) is 0 Å². The molecule has 0 saturated heterocycles. The number of rotatable bonds is 1. The quantitative estimate of drug-likeness (QED) is 0.310. The van der Waals surface area contributed by atoms with E-state index in [0.29, 0.717) is 0 Å². The molecule has 0 spiro atoms. The Morgan fingerprint density at radius 2 is 1.46 bits per heavy atom. The van der Waals surface area contributed by atoms with Crippen LogP contribution in [-0.4, -0.2) is 4.57 Å². The molecule has 6 rings (SSSR count). The van der Waals surface area contributed by atoms with E-state index in [-0.39, 0.29) is 0 Å². The number of aryl methyl sites for hydroxylation is 1. The Kier molecular flexibility index (Phi) is 3.06. The van der Waals surface area contributed by atoms with Gasteiger partial charge in [0, 0.05) is 32.2 Å². The van der Waals surface area contributed by atoms with Gasteiger partial charge in [0.25, 0.3) is 0 Å². The van der Waals surface area contributed by atoms with E-state index in [4.69, 9.17) is 0 Å². The SMILES string of the molecule is c1ccc(-n2c3c(c4ccc5c6ccccc6sc5c42)CCCC3)cc1. The molecule has 1 aliphatic carbocycles. The summed E-state index contributed by atoms with van der Waals surface area (Å²) in [6.07, 6.45) is 5.00. The summed E-state index contributed by atoms with van der Waals surface area (Å²) in [6, 6.07) is 24.5. The van der Waals surface area contributed by atoms with Crippen LogP contribution in [0.4, 0.5) is 0 Å². The third-order valence-corrected chi connectivity index (χ3v) is 6.99. The predicted molar refractivity (Wildman–Crippen MR) is 113 cm³/mol. The van der Waals surface area contributed by atoms with E-state index < -0.39 is 0 Å². The molecule has 0 fully saturated rings. The van der Waals surface area contributed by atoms with Gasteiger partial charge in [-0.25, -0.2) is 0 Å². The van der Waals surface area contributed by atoms with Gasteiger partial charge < -0.3 is 4.57 Å². The highest BCUT2D eigenvalue weighted by Crippen LogP contribution is 2.43. The zero-order chi connectivity index (χ0) is 17.1. The highest BCUT2D eigenvalue weighted by molar-refractivity contribution is 7.26. The summed E-state index contributed by atoms with van der Waals surface area (Å²) in [6.45, 7) is 0. The van der Waals surface area contributed by atoms with Gasteiger partial charge in [0.05, 0.1) is 10.2 Å². The highest BCUT2D eigenvalue weighted by Gasteiger charge is 2.23. The van der Waals surface area contributed by atoms with Crippen molar-refractivity contribution in [2.24, 2.45) is 0 Å². The molecule has 3 aromatic carbocycles. The van der Waals surface area contributed by atoms with Crippen LogP contribution < -0.4 is 0 Å². The van der Waals surface area contributed by atoms with Crippen molar-refractivity contribution in [3.63, 3.8) is 0 Å². The largest absolute Gasteiger partial charge is 0.312 e. The van der Waals surface area contributed by atoms with Crippen molar-refractivity contribution in [1.29, 1.82) is 0 Å². The Morgan fingerprint density at radius 3 is 2.38 bits per heavy atom. The Labute approximate surface area is 156 Å². The molecule has 0 atom stereocenters. The van der Waals surface area contributed by atoms with Gasteiger partial charge in [-0.3, -0.25) is 0 Å². The molecule has 0 N–H and O–H groups in total. The fraction of sp³-hybridized carbons (Fsp3) is 0.167. The van der Waals surface area contributed by atoms with Gasteiger partial charge >= 0.3 is 0 Å². The zero-order valence-corrected chi connectivity index (χ0v) is 15.4. The van der Waals surface area contributed by atoms with Crippen molar-refractivity contribution in [1.82, 2.24) is 4.57 Å². The third-order valence-electron chi connectivity index (χ3n) is 5.79. The molecule has 0 bridgehead atoms. The number of nitrogens with zero attached hydrogens (tertiary/aromatic N) is 1. The van der Waals surface area contributed by atoms with E-state index in [1.165, 1.54) is 68.1 Å². The Hall–Kier alpha value is -2.58. The molecule has 2 aromatic heterocycles. The zero-order valence-electron chi connectivity index (χ0n) is 14.5. The summed E-state index contributed by atoms with van der Waals surface area (Å²) in [7, 11) is 0. The fourth-order valence-electron chi connectivity index (χ4n) is 4.66. The van der Waals surface area contributed by atoms with Crippen molar-refractivity contribution in [2.45, 2.75) is 25.7 Å². The van der Waals surface area contributed by atoms with Crippen molar-refractivity contribution in [3.8, 4) is 5.69 Å². The number of hydrogen-bond donors (Lipinski definition) is 0. The minimum atomic E-state index is 1.19. The minimum Gasteiger partial charge on any atom is -0.312 e. The molecule has 126 valence electrons. The van der Waals surface area contributed by atoms with Gasteiger partial charge in [0.1, 0.15) is 0 Å². The lowest BCUT2D eigenvalue weighted by Crippen LogP contribution is -2.06. The van der Waals surface area contributed by atoms with Crippen LogP contribution in [0.5, 0.6) is 0 Å². The Bertz CT molecular complexity index is 1270. The first kappa shape index (κ1) is 14.6. The Morgan fingerprint density at radius 1 is 0.692 bits per heavy atom. The maximum absolute atomic E-state index is 2.56. The summed E-state index contributed by atoms with van der Waals surface area (Å²) in [5, 5.41) is 4.24. The lowest BCUT2D eigenvalue weighted by atomic mass is 9.95. The Balaban J connectivity index is 1.84. The van der Waals surface area contributed by atoms with Crippen LogP contribution in [0.1, 0.15) is 24.1 Å². The van der Waals surface area contributed by atoms with Crippen molar-refractivity contribution < 1.29 is 0 Å². The molecule has 0 radical (unpaired) electrons. The average Bonchev–Trinajstić information content (AvgIpc) is 3.24. The number of fused-ring (bicyclic) bond motifs is 7. The second-order valence-electron chi connectivity index (χ2n) is 7.24. The predicted octanol–water partition coefficient (Wildman–Crippen LogP) is 6.88. The molecule has 1 nitrogen and oxygen atoms in total. The first-order chi connectivity index (χ1) is 12.9. The van der Waals surface area contributed by atoms with Crippen LogP contribution in [0.2, 0.25) is 0 Å². The van der Waals surface area contributed by atoms with Crippen LogP contribution in [0, 0.1) is 0 Å². The average molecular weight is 353 g/mol. The molecule has 2 heteroatoms. The van der Waals surface area contributed by atoms with Gasteiger partial charge in [-0.1, -0.05) is 48.5 Å². The summed E-state index contributed by atoms with van der Waals surface area (Å²) in [5.74, 6) is 0. The summed E-state index contributed by atoms with van der Waals surface area (Å²) >= 11 is 1.94. The van der Waals surface area contributed by atoms with Crippen LogP contribution in [-0.2, 0) is 12.8 Å². The number of thiophene rings is 1. The van der Waals surface area contributed by atoms with E-state index in [0.717, 1.165) is 0 Å². The van der Waals surface area contributed by atoms with Crippen molar-refractivity contribution in [3.05, 3.63) is 78.0 Å². The second kappa shape index (κ2) is 5.46. The number of benzene rings is 3. The fourth-order valence-corrected chi connectivity index (χ4v) is 5.90. The lowest BCUT2D eigenvalue weighted by molar-refractivity contribution is 0.667. The number of hydrogen-bond acceptors (Lipinski definition) is 1. The van der Waals surface area contributed by atoms with Crippen LogP contribution in [0.3, 0.4) is 0 Å². The molecule has 26 heavy (non-hydrogen) atoms. The standard InChI is InChI=1S/C24H19NS/c1-2-8-16(9-3-1)25-21-12-6-4-10-17(21)19-14-15-20-18-11-5-7-13-22(18)26-24(20)23(19)25/h1-3,5,7-9,11,13-15H,4,6,10,12H2. The topological polar surface area (TPSA) is 4.93 Å².